The lowest BCUT2D eigenvalue weighted by Gasteiger charge is -2.28. The van der Waals surface area contributed by atoms with Crippen molar-refractivity contribution in [3.8, 4) is 0 Å². The van der Waals surface area contributed by atoms with Crippen molar-refractivity contribution in [1.29, 1.82) is 0 Å². The van der Waals surface area contributed by atoms with Gasteiger partial charge in [0.2, 0.25) is 0 Å². The van der Waals surface area contributed by atoms with E-state index < -0.39 is 14.9 Å². The maximum atomic E-state index is 10.2. The van der Waals surface area contributed by atoms with Crippen LogP contribution >= 0.6 is 23.1 Å². The van der Waals surface area contributed by atoms with Gasteiger partial charge in [0.1, 0.15) is 0 Å². The smallest absolute Gasteiger partial charge is 0.390 e. The molecule has 6 nitrogen and oxygen atoms in total. The molecule has 1 heterocycles. The summed E-state index contributed by atoms with van der Waals surface area (Å²) in [6, 6.07) is 8.79. The van der Waals surface area contributed by atoms with Crippen molar-refractivity contribution in [1.82, 2.24) is 4.98 Å². The van der Waals surface area contributed by atoms with Gasteiger partial charge in [-0.25, -0.2) is 4.98 Å². The molecule has 0 amide bonds. The van der Waals surface area contributed by atoms with Crippen LogP contribution in [0.5, 0.6) is 0 Å². The topological polar surface area (TPSA) is 70.0 Å². The first-order valence-electron chi connectivity index (χ1n) is 9.78. The number of benzene rings is 1. The minimum Gasteiger partial charge on any atom is -0.390 e. The van der Waals surface area contributed by atoms with E-state index in [1.54, 1.807) is 23.1 Å². The third-order valence-electron chi connectivity index (χ3n) is 3.85. The molecule has 0 fully saturated rings. The molecule has 0 bridgehead atoms. The summed E-state index contributed by atoms with van der Waals surface area (Å²) in [5, 5.41) is 10.2. The summed E-state index contributed by atoms with van der Waals surface area (Å²) in [6.45, 7) is 8.45. The highest BCUT2D eigenvalue weighted by Crippen LogP contribution is 2.29. The molecule has 0 radical (unpaired) electrons. The van der Waals surface area contributed by atoms with E-state index in [0.29, 0.717) is 38.8 Å². The Balaban J connectivity index is 1.66. The van der Waals surface area contributed by atoms with Crippen LogP contribution in [0.25, 0.3) is 10.2 Å². The summed E-state index contributed by atoms with van der Waals surface area (Å²) in [7, 11) is -2.60. The van der Waals surface area contributed by atoms with Crippen molar-refractivity contribution in [3.05, 3.63) is 24.3 Å². The average Bonchev–Trinajstić information content (AvgIpc) is 3.10. The Labute approximate surface area is 176 Å². The lowest BCUT2D eigenvalue weighted by Crippen LogP contribution is -2.46. The van der Waals surface area contributed by atoms with Crippen LogP contribution in [0.3, 0.4) is 0 Å². The van der Waals surface area contributed by atoms with Gasteiger partial charge in [0, 0.05) is 38.2 Å². The van der Waals surface area contributed by atoms with Gasteiger partial charge < -0.3 is 23.1 Å². The molecule has 1 atom stereocenters. The largest absolute Gasteiger partial charge is 0.501 e. The van der Waals surface area contributed by atoms with Crippen LogP contribution in [-0.4, -0.2) is 63.8 Å². The Morgan fingerprint density at radius 3 is 2.43 bits per heavy atom. The van der Waals surface area contributed by atoms with Gasteiger partial charge in [0.05, 0.1) is 22.9 Å². The van der Waals surface area contributed by atoms with Gasteiger partial charge in [-0.1, -0.05) is 23.9 Å². The highest BCUT2D eigenvalue weighted by Gasteiger charge is 2.39. The molecule has 1 unspecified atom stereocenters. The van der Waals surface area contributed by atoms with Crippen LogP contribution < -0.4 is 0 Å². The third kappa shape index (κ3) is 7.72. The summed E-state index contributed by atoms with van der Waals surface area (Å²) in [5.41, 5.74) is 1.01. The van der Waals surface area contributed by atoms with Crippen molar-refractivity contribution in [2.24, 2.45) is 0 Å². The van der Waals surface area contributed by atoms with Gasteiger partial charge in [-0.2, -0.15) is 0 Å². The van der Waals surface area contributed by atoms with E-state index in [4.69, 9.17) is 18.0 Å². The number of fused-ring (bicyclic) bond motifs is 1. The van der Waals surface area contributed by atoms with Crippen molar-refractivity contribution in [3.63, 3.8) is 0 Å². The fourth-order valence-corrected chi connectivity index (χ4v) is 7.32. The van der Waals surface area contributed by atoms with E-state index in [1.807, 2.05) is 39.0 Å². The predicted octanol–water partition coefficient (Wildman–Crippen LogP) is 4.20. The number of aliphatic hydroxyl groups is 1. The first-order chi connectivity index (χ1) is 13.6. The molecule has 0 aliphatic heterocycles. The highest BCUT2D eigenvalue weighted by molar-refractivity contribution is 8.01. The molecule has 0 aliphatic carbocycles. The summed E-state index contributed by atoms with van der Waals surface area (Å²) in [5.74, 6) is 0.565. The van der Waals surface area contributed by atoms with Gasteiger partial charge in [-0.15, -0.1) is 11.3 Å². The van der Waals surface area contributed by atoms with E-state index >= 15 is 0 Å². The van der Waals surface area contributed by atoms with E-state index in [9.17, 15) is 5.11 Å². The molecule has 0 saturated heterocycles. The van der Waals surface area contributed by atoms with Gasteiger partial charge in [0.15, 0.2) is 4.34 Å². The molecule has 2 aromatic rings. The minimum atomic E-state index is -2.60. The maximum absolute atomic E-state index is 10.2. The molecule has 1 N–H and O–H groups in total. The lowest BCUT2D eigenvalue weighted by molar-refractivity contribution is 0.0420. The Kier molecular flexibility index (Phi) is 11.0. The van der Waals surface area contributed by atoms with Gasteiger partial charge in [-0.3, -0.25) is 0 Å². The van der Waals surface area contributed by atoms with Crippen LogP contribution in [0.15, 0.2) is 28.6 Å². The Bertz CT molecular complexity index is 637. The number of nitrogens with zero attached hydrogens (tertiary/aromatic N) is 1. The zero-order chi connectivity index (χ0) is 20.2. The Morgan fingerprint density at radius 2 is 1.79 bits per heavy atom. The minimum absolute atomic E-state index is 0.310. The van der Waals surface area contributed by atoms with Gasteiger partial charge in [0.25, 0.3) is 0 Å². The molecule has 9 heteroatoms. The number of thiazole rings is 1. The molecule has 1 aromatic heterocycles. The number of hydrogen-bond donors (Lipinski definition) is 1. The molecule has 2 rings (SSSR count). The van der Waals surface area contributed by atoms with Gasteiger partial charge >= 0.3 is 8.80 Å². The fraction of sp³-hybridized carbons (Fsp3) is 0.632. The molecule has 0 aliphatic rings. The number of hydrogen-bond acceptors (Lipinski definition) is 8. The summed E-state index contributed by atoms with van der Waals surface area (Å²) in [6.07, 6.45) is 0.258. The first kappa shape index (κ1) is 23.8. The van der Waals surface area contributed by atoms with E-state index in [-0.39, 0.29) is 0 Å². The predicted molar refractivity (Wildman–Crippen MR) is 117 cm³/mol. The standard InChI is InChI=1S/C19H31NO5S2Si/c1-4-23-28(24-5-2,25-6-3)13-9-12-22-14-16(21)15-26-19-20-17-10-7-8-11-18(17)27-19/h7-8,10-11,16,21H,4-6,9,12-15H2,1-3H3. The van der Waals surface area contributed by atoms with Crippen LogP contribution in [-0.2, 0) is 18.0 Å². The Hall–Kier alpha value is -0.523. The number of ether oxygens (including phenoxy) is 1. The third-order valence-corrected chi connectivity index (χ3v) is 9.32. The number of rotatable bonds is 15. The lowest BCUT2D eigenvalue weighted by atomic mass is 10.3. The molecular formula is C19H31NO5S2Si. The number of thioether (sulfide) groups is 1. The van der Waals surface area contributed by atoms with E-state index in [0.717, 1.165) is 22.3 Å². The molecule has 0 spiro atoms. The molecule has 0 saturated carbocycles. The zero-order valence-electron chi connectivity index (χ0n) is 16.9. The molecular weight excluding hydrogens is 414 g/mol. The van der Waals surface area contributed by atoms with Gasteiger partial charge in [-0.05, 0) is 39.3 Å². The van der Waals surface area contributed by atoms with E-state index in [1.165, 1.54) is 4.70 Å². The average molecular weight is 446 g/mol. The fourth-order valence-electron chi connectivity index (χ4n) is 2.74. The second-order valence-electron chi connectivity index (χ2n) is 6.07. The molecule has 158 valence electrons. The molecule has 1 aromatic carbocycles. The van der Waals surface area contributed by atoms with Crippen LogP contribution in [0.4, 0.5) is 0 Å². The zero-order valence-corrected chi connectivity index (χ0v) is 19.5. The van der Waals surface area contributed by atoms with Crippen LogP contribution in [0.2, 0.25) is 6.04 Å². The Morgan fingerprint density at radius 1 is 1.11 bits per heavy atom. The monoisotopic (exact) mass is 445 g/mol. The van der Waals surface area contributed by atoms with Crippen LogP contribution in [0.1, 0.15) is 27.2 Å². The SMILES string of the molecule is CCO[Si](CCCOCC(O)CSc1nc2ccccc2s1)(OCC)OCC. The highest BCUT2D eigenvalue weighted by atomic mass is 32.2. The number of aromatic nitrogens is 1. The second-order valence-corrected chi connectivity index (χ2v) is 11.1. The van der Waals surface area contributed by atoms with E-state index in [2.05, 4.69) is 11.1 Å². The first-order valence-corrected chi connectivity index (χ1v) is 13.5. The number of para-hydroxylation sites is 1. The summed E-state index contributed by atoms with van der Waals surface area (Å²) < 4.78 is 25.3. The quantitative estimate of drug-likeness (QED) is 0.250. The summed E-state index contributed by atoms with van der Waals surface area (Å²) >= 11 is 3.22. The second kappa shape index (κ2) is 12.9. The number of aliphatic hydroxyl groups excluding tert-OH is 1. The molecule has 28 heavy (non-hydrogen) atoms. The van der Waals surface area contributed by atoms with Crippen molar-refractivity contribution < 1.29 is 23.1 Å². The normalized spacial score (nSPS) is 13.3. The van der Waals surface area contributed by atoms with Crippen LogP contribution in [0, 0.1) is 0 Å². The van der Waals surface area contributed by atoms with Crippen molar-refractivity contribution >= 4 is 42.1 Å². The van der Waals surface area contributed by atoms with Crippen molar-refractivity contribution in [2.45, 2.75) is 43.7 Å². The van der Waals surface area contributed by atoms with Crippen molar-refractivity contribution in [2.75, 3.05) is 38.8 Å². The summed E-state index contributed by atoms with van der Waals surface area (Å²) in [4.78, 5) is 4.57. The maximum Gasteiger partial charge on any atom is 0.501 e.